The lowest BCUT2D eigenvalue weighted by atomic mass is 9.91. The van der Waals surface area contributed by atoms with Crippen molar-refractivity contribution < 1.29 is 9.53 Å². The summed E-state index contributed by atoms with van der Waals surface area (Å²) in [6.07, 6.45) is 2.13. The summed E-state index contributed by atoms with van der Waals surface area (Å²) in [6, 6.07) is 5.46. The molecule has 3 nitrogen and oxygen atoms in total. The number of hydrogen-bond acceptors (Lipinski definition) is 3. The maximum Gasteiger partial charge on any atom is 0.330 e. The van der Waals surface area contributed by atoms with Gasteiger partial charge in [-0.25, -0.2) is 4.79 Å². The van der Waals surface area contributed by atoms with Crippen molar-refractivity contribution in [2.24, 2.45) is 0 Å². The van der Waals surface area contributed by atoms with Crippen LogP contribution in [0.4, 0.5) is 0 Å². The second-order valence-electron chi connectivity index (χ2n) is 4.89. The first-order chi connectivity index (χ1) is 8.97. The summed E-state index contributed by atoms with van der Waals surface area (Å²) < 4.78 is 5.18. The van der Waals surface area contributed by atoms with Gasteiger partial charge in [-0.3, -0.25) is 5.32 Å². The predicted molar refractivity (Wildman–Crippen MR) is 76.6 cm³/mol. The molecule has 1 N–H and O–H groups in total. The molecule has 1 fully saturated rings. The van der Waals surface area contributed by atoms with Crippen LogP contribution in [0.1, 0.15) is 32.3 Å². The molecule has 0 aliphatic heterocycles. The number of benzene rings is 1. The zero-order valence-corrected chi connectivity index (χ0v) is 12.5. The van der Waals surface area contributed by atoms with Gasteiger partial charge in [0.1, 0.15) is 5.54 Å². The van der Waals surface area contributed by atoms with E-state index in [2.05, 4.69) is 5.32 Å². The van der Waals surface area contributed by atoms with Crippen molar-refractivity contribution in [1.29, 1.82) is 0 Å². The van der Waals surface area contributed by atoms with E-state index in [0.717, 1.165) is 12.8 Å². The molecule has 1 aliphatic rings. The van der Waals surface area contributed by atoms with Crippen LogP contribution in [0.5, 0.6) is 0 Å². The van der Waals surface area contributed by atoms with Crippen LogP contribution in [0.25, 0.3) is 0 Å². The van der Waals surface area contributed by atoms with E-state index in [9.17, 15) is 4.79 Å². The van der Waals surface area contributed by atoms with Gasteiger partial charge < -0.3 is 4.74 Å². The number of carbonyl (C=O) groups is 1. The van der Waals surface area contributed by atoms with E-state index in [1.54, 1.807) is 32.0 Å². The lowest BCUT2D eigenvalue weighted by molar-refractivity contribution is -0.151. The molecule has 0 saturated heterocycles. The van der Waals surface area contributed by atoms with Crippen LogP contribution in [0, 0.1) is 0 Å². The number of ether oxygens (including phenoxy) is 1. The van der Waals surface area contributed by atoms with Crippen LogP contribution in [0.3, 0.4) is 0 Å². The highest BCUT2D eigenvalue weighted by atomic mass is 35.5. The molecule has 5 heteroatoms. The zero-order valence-electron chi connectivity index (χ0n) is 11.0. The molecule has 1 aromatic carbocycles. The summed E-state index contributed by atoms with van der Waals surface area (Å²) in [4.78, 5) is 12.3. The Morgan fingerprint density at radius 1 is 1.47 bits per heavy atom. The zero-order chi connectivity index (χ0) is 14.0. The highest BCUT2D eigenvalue weighted by Crippen LogP contribution is 2.35. The first-order valence-electron chi connectivity index (χ1n) is 6.38. The van der Waals surface area contributed by atoms with Crippen LogP contribution in [0.15, 0.2) is 18.2 Å². The Hall–Kier alpha value is -0.770. The Morgan fingerprint density at radius 3 is 2.74 bits per heavy atom. The quantitative estimate of drug-likeness (QED) is 0.846. The monoisotopic (exact) mass is 301 g/mol. The molecule has 0 aromatic heterocycles. The van der Waals surface area contributed by atoms with E-state index in [1.807, 2.05) is 0 Å². The van der Waals surface area contributed by atoms with Gasteiger partial charge in [-0.15, -0.1) is 0 Å². The summed E-state index contributed by atoms with van der Waals surface area (Å²) in [5, 5.41) is 4.37. The SMILES string of the molecule is CCOC(=O)C(C)(NC1CC1)c1cc(Cl)ccc1Cl. The van der Waals surface area contributed by atoms with E-state index in [4.69, 9.17) is 27.9 Å². The van der Waals surface area contributed by atoms with E-state index in [-0.39, 0.29) is 5.97 Å². The topological polar surface area (TPSA) is 38.3 Å². The summed E-state index contributed by atoms with van der Waals surface area (Å²) in [6.45, 7) is 3.91. The van der Waals surface area contributed by atoms with Gasteiger partial charge >= 0.3 is 5.97 Å². The molecule has 1 aliphatic carbocycles. The Labute approximate surface area is 123 Å². The van der Waals surface area contributed by atoms with Gasteiger partial charge in [-0.05, 0) is 44.9 Å². The van der Waals surface area contributed by atoms with Gasteiger partial charge in [0.15, 0.2) is 0 Å². The molecule has 19 heavy (non-hydrogen) atoms. The normalized spacial score (nSPS) is 17.9. The largest absolute Gasteiger partial charge is 0.464 e. The predicted octanol–water partition coefficient (Wildman–Crippen LogP) is 3.52. The van der Waals surface area contributed by atoms with Crippen molar-refractivity contribution in [1.82, 2.24) is 5.32 Å². The van der Waals surface area contributed by atoms with Crippen LogP contribution < -0.4 is 5.32 Å². The lowest BCUT2D eigenvalue weighted by Crippen LogP contribution is -2.49. The van der Waals surface area contributed by atoms with Crippen molar-refractivity contribution in [3.8, 4) is 0 Å². The summed E-state index contributed by atoms with van der Waals surface area (Å²) in [5.74, 6) is -0.328. The second-order valence-corrected chi connectivity index (χ2v) is 5.73. The molecule has 0 heterocycles. The fraction of sp³-hybridized carbons (Fsp3) is 0.500. The minimum Gasteiger partial charge on any atom is -0.464 e. The smallest absolute Gasteiger partial charge is 0.330 e. The third-order valence-electron chi connectivity index (χ3n) is 3.22. The molecule has 1 unspecified atom stereocenters. The van der Waals surface area contributed by atoms with Gasteiger partial charge in [0.25, 0.3) is 0 Å². The fourth-order valence-electron chi connectivity index (χ4n) is 2.04. The first-order valence-corrected chi connectivity index (χ1v) is 7.13. The van der Waals surface area contributed by atoms with Gasteiger partial charge in [-0.2, -0.15) is 0 Å². The van der Waals surface area contributed by atoms with Crippen molar-refractivity contribution in [2.75, 3.05) is 6.61 Å². The van der Waals surface area contributed by atoms with E-state index >= 15 is 0 Å². The summed E-state index contributed by atoms with van der Waals surface area (Å²) in [5.41, 5.74) is -0.300. The molecule has 0 bridgehead atoms. The third kappa shape index (κ3) is 3.22. The second kappa shape index (κ2) is 5.70. The van der Waals surface area contributed by atoms with Gasteiger partial charge in [-0.1, -0.05) is 23.2 Å². The number of carbonyl (C=O) groups excluding carboxylic acids is 1. The molecular weight excluding hydrogens is 285 g/mol. The van der Waals surface area contributed by atoms with E-state index in [0.29, 0.717) is 28.3 Å². The van der Waals surface area contributed by atoms with Crippen molar-refractivity contribution >= 4 is 29.2 Å². The van der Waals surface area contributed by atoms with Crippen molar-refractivity contribution in [3.63, 3.8) is 0 Å². The minimum atomic E-state index is -0.959. The molecule has 104 valence electrons. The Balaban J connectivity index is 2.40. The standard InChI is InChI=1S/C14H17Cl2NO2/c1-3-19-13(18)14(2,17-10-5-6-10)11-8-9(15)4-7-12(11)16/h4,7-8,10,17H,3,5-6H2,1-2H3. The minimum absolute atomic E-state index is 0.328. The van der Waals surface area contributed by atoms with Gasteiger partial charge in [0.2, 0.25) is 0 Å². The molecular formula is C14H17Cl2NO2. The number of esters is 1. The number of halogens is 2. The maximum atomic E-state index is 12.3. The van der Waals surface area contributed by atoms with Gasteiger partial charge in [0.05, 0.1) is 6.61 Å². The first kappa shape index (κ1) is 14.6. The van der Waals surface area contributed by atoms with E-state index in [1.165, 1.54) is 0 Å². The summed E-state index contributed by atoms with van der Waals surface area (Å²) in [7, 11) is 0. The highest BCUT2D eigenvalue weighted by Gasteiger charge is 2.42. The molecule has 1 atom stereocenters. The fourth-order valence-corrected chi connectivity index (χ4v) is 2.52. The highest BCUT2D eigenvalue weighted by molar-refractivity contribution is 6.33. The van der Waals surface area contributed by atoms with Crippen molar-refractivity contribution in [3.05, 3.63) is 33.8 Å². The number of hydrogen-bond donors (Lipinski definition) is 1. The van der Waals surface area contributed by atoms with Gasteiger partial charge in [0, 0.05) is 21.7 Å². The molecule has 2 rings (SSSR count). The molecule has 0 spiro atoms. The molecule has 0 radical (unpaired) electrons. The lowest BCUT2D eigenvalue weighted by Gasteiger charge is -2.30. The van der Waals surface area contributed by atoms with Crippen LogP contribution in [0.2, 0.25) is 10.0 Å². The average Bonchev–Trinajstić information content (AvgIpc) is 3.16. The molecule has 1 saturated carbocycles. The van der Waals surface area contributed by atoms with Crippen molar-refractivity contribution in [2.45, 2.75) is 38.3 Å². The molecule has 1 aromatic rings. The van der Waals surface area contributed by atoms with Crippen LogP contribution >= 0.6 is 23.2 Å². The average molecular weight is 302 g/mol. The van der Waals surface area contributed by atoms with Crippen LogP contribution in [-0.2, 0) is 15.1 Å². The Bertz CT molecular complexity index is 488. The summed E-state index contributed by atoms with van der Waals surface area (Å²) >= 11 is 12.2. The Morgan fingerprint density at radius 2 is 2.16 bits per heavy atom. The number of nitrogens with one attached hydrogen (secondary N) is 1. The third-order valence-corrected chi connectivity index (χ3v) is 3.79. The maximum absolute atomic E-state index is 12.3. The van der Waals surface area contributed by atoms with Crippen LogP contribution in [-0.4, -0.2) is 18.6 Å². The Kier molecular flexibility index (Phi) is 4.39. The van der Waals surface area contributed by atoms with E-state index < -0.39 is 5.54 Å². The molecule has 0 amide bonds. The number of rotatable bonds is 5.